The summed E-state index contributed by atoms with van der Waals surface area (Å²) in [5.41, 5.74) is 3.59. The number of nitrogens with zero attached hydrogens (tertiary/aromatic N) is 1. The Morgan fingerprint density at radius 1 is 1.00 bits per heavy atom. The van der Waals surface area contributed by atoms with Crippen LogP contribution in [0.5, 0.6) is 0 Å². The third kappa shape index (κ3) is 5.80. The first kappa shape index (κ1) is 23.0. The third-order valence-corrected chi connectivity index (χ3v) is 7.39. The Bertz CT molecular complexity index is 1240. The molecule has 0 aromatic heterocycles. The van der Waals surface area contributed by atoms with Gasteiger partial charge in [-0.1, -0.05) is 48.5 Å². The van der Waals surface area contributed by atoms with Crippen molar-refractivity contribution in [2.45, 2.75) is 37.8 Å². The van der Waals surface area contributed by atoms with Crippen LogP contribution in [0.25, 0.3) is 0 Å². The molecule has 3 aromatic rings. The van der Waals surface area contributed by atoms with Crippen molar-refractivity contribution in [1.29, 1.82) is 0 Å². The number of hydrogen-bond donors (Lipinski definition) is 2. The summed E-state index contributed by atoms with van der Waals surface area (Å²) in [6.45, 7) is 6.20. The molecule has 3 aromatic carbocycles. The molecule has 172 valence electrons. The molecule has 1 aliphatic rings. The number of carbonyl (C=O) groups is 1. The Hall–Kier alpha value is -3.16. The molecule has 1 amide bonds. The van der Waals surface area contributed by atoms with Crippen molar-refractivity contribution in [3.05, 3.63) is 95.1 Å². The van der Waals surface area contributed by atoms with E-state index < -0.39 is 10.0 Å². The smallest absolute Gasteiger partial charge is 0.262 e. The van der Waals surface area contributed by atoms with E-state index in [0.29, 0.717) is 16.8 Å². The summed E-state index contributed by atoms with van der Waals surface area (Å²) in [6.07, 6.45) is 0.886. The Morgan fingerprint density at radius 3 is 2.58 bits per heavy atom. The topological polar surface area (TPSA) is 78.5 Å². The van der Waals surface area contributed by atoms with Gasteiger partial charge in [-0.2, -0.15) is 0 Å². The zero-order valence-corrected chi connectivity index (χ0v) is 19.7. The van der Waals surface area contributed by atoms with Crippen molar-refractivity contribution in [3.63, 3.8) is 0 Å². The highest BCUT2D eigenvalue weighted by Crippen LogP contribution is 2.22. The monoisotopic (exact) mass is 463 g/mol. The summed E-state index contributed by atoms with van der Waals surface area (Å²) >= 11 is 0. The molecule has 1 aliphatic heterocycles. The molecule has 7 heteroatoms. The van der Waals surface area contributed by atoms with Crippen molar-refractivity contribution >= 4 is 21.6 Å². The minimum absolute atomic E-state index is 0.0662. The van der Waals surface area contributed by atoms with Gasteiger partial charge in [0.05, 0.1) is 4.90 Å². The molecule has 1 unspecified atom stereocenters. The number of carbonyl (C=O) groups excluding carboxylic acids is 1. The van der Waals surface area contributed by atoms with Gasteiger partial charge in [-0.25, -0.2) is 8.42 Å². The van der Waals surface area contributed by atoms with Gasteiger partial charge in [-0.3, -0.25) is 14.4 Å². The van der Waals surface area contributed by atoms with Gasteiger partial charge in [0.25, 0.3) is 15.9 Å². The summed E-state index contributed by atoms with van der Waals surface area (Å²) in [4.78, 5) is 15.4. The van der Waals surface area contributed by atoms with E-state index in [2.05, 4.69) is 27.1 Å². The van der Waals surface area contributed by atoms with E-state index in [9.17, 15) is 13.2 Å². The van der Waals surface area contributed by atoms with Crippen LogP contribution in [0.3, 0.4) is 0 Å². The van der Waals surface area contributed by atoms with Crippen LogP contribution in [0.4, 0.5) is 5.69 Å². The number of hydrogen-bond acceptors (Lipinski definition) is 4. The van der Waals surface area contributed by atoms with E-state index >= 15 is 0 Å². The van der Waals surface area contributed by atoms with E-state index in [-0.39, 0.29) is 16.8 Å². The largest absolute Gasteiger partial charge is 0.348 e. The Balaban J connectivity index is 1.39. The highest BCUT2D eigenvalue weighted by molar-refractivity contribution is 7.92. The van der Waals surface area contributed by atoms with Crippen LogP contribution in [0.2, 0.25) is 0 Å². The van der Waals surface area contributed by atoms with Crippen LogP contribution in [-0.4, -0.2) is 38.4 Å². The van der Waals surface area contributed by atoms with Crippen molar-refractivity contribution < 1.29 is 13.2 Å². The first-order valence-corrected chi connectivity index (χ1v) is 12.6. The lowest BCUT2D eigenvalue weighted by molar-refractivity contribution is 0.0937. The molecule has 1 fully saturated rings. The van der Waals surface area contributed by atoms with E-state index in [4.69, 9.17) is 0 Å². The van der Waals surface area contributed by atoms with Gasteiger partial charge in [0, 0.05) is 36.9 Å². The van der Waals surface area contributed by atoms with Gasteiger partial charge >= 0.3 is 0 Å². The fourth-order valence-electron chi connectivity index (χ4n) is 4.14. The lowest BCUT2D eigenvalue weighted by Gasteiger charge is -2.17. The predicted molar refractivity (Wildman–Crippen MR) is 131 cm³/mol. The quantitative estimate of drug-likeness (QED) is 0.553. The van der Waals surface area contributed by atoms with E-state index in [1.165, 1.54) is 5.56 Å². The van der Waals surface area contributed by atoms with E-state index in [1.54, 1.807) is 43.3 Å². The predicted octanol–water partition coefficient (Wildman–Crippen LogP) is 4.11. The molecule has 1 heterocycles. The highest BCUT2D eigenvalue weighted by atomic mass is 32.2. The molecule has 0 bridgehead atoms. The zero-order chi connectivity index (χ0) is 23.4. The molecule has 4 rings (SSSR count). The maximum absolute atomic E-state index is 12.9. The average molecular weight is 464 g/mol. The molecule has 6 nitrogen and oxygen atoms in total. The number of benzene rings is 3. The normalized spacial score (nSPS) is 16.5. The lowest BCUT2D eigenvalue weighted by Crippen LogP contribution is -2.37. The van der Waals surface area contributed by atoms with Gasteiger partial charge in [0.15, 0.2) is 0 Å². The Kier molecular flexibility index (Phi) is 6.81. The molecule has 2 N–H and O–H groups in total. The molecule has 0 radical (unpaired) electrons. The summed E-state index contributed by atoms with van der Waals surface area (Å²) in [5.74, 6) is -0.200. The number of amides is 1. The first-order valence-electron chi connectivity index (χ1n) is 11.1. The number of sulfonamides is 1. The molecule has 0 spiro atoms. The van der Waals surface area contributed by atoms with Crippen LogP contribution in [0, 0.1) is 13.8 Å². The van der Waals surface area contributed by atoms with Crippen LogP contribution >= 0.6 is 0 Å². The minimum atomic E-state index is -3.76. The van der Waals surface area contributed by atoms with Crippen LogP contribution in [0.15, 0.2) is 77.7 Å². The summed E-state index contributed by atoms with van der Waals surface area (Å²) in [5, 5.41) is 3.09. The molecular weight excluding hydrogens is 434 g/mol. The standard InChI is InChI=1S/C26H29N3O3S/c1-19-11-12-20(2)25(15-19)33(31,32)28-23-10-6-9-22(16-23)26(30)27-24-13-14-29(18-24)17-21-7-4-3-5-8-21/h3-12,15-16,24,28H,13-14,17-18H2,1-2H3,(H,27,30). The Labute approximate surface area is 195 Å². The maximum atomic E-state index is 12.9. The second kappa shape index (κ2) is 9.77. The molecule has 1 saturated heterocycles. The number of nitrogens with one attached hydrogen (secondary N) is 2. The van der Waals surface area contributed by atoms with Crippen LogP contribution in [0.1, 0.15) is 33.5 Å². The maximum Gasteiger partial charge on any atom is 0.262 e. The first-order chi connectivity index (χ1) is 15.8. The van der Waals surface area contributed by atoms with E-state index in [1.807, 2.05) is 31.2 Å². The molecule has 0 saturated carbocycles. The lowest BCUT2D eigenvalue weighted by atomic mass is 10.1. The van der Waals surface area contributed by atoms with Gasteiger partial charge in [0.1, 0.15) is 0 Å². The highest BCUT2D eigenvalue weighted by Gasteiger charge is 2.24. The summed E-state index contributed by atoms with van der Waals surface area (Å²) in [7, 11) is -3.76. The van der Waals surface area contributed by atoms with Gasteiger partial charge < -0.3 is 5.32 Å². The number of likely N-dealkylation sites (tertiary alicyclic amines) is 1. The number of rotatable bonds is 7. The van der Waals surface area contributed by atoms with Crippen molar-refractivity contribution in [1.82, 2.24) is 10.2 Å². The van der Waals surface area contributed by atoms with Gasteiger partial charge in [-0.15, -0.1) is 0 Å². The molecule has 0 aliphatic carbocycles. The van der Waals surface area contributed by atoms with Crippen LogP contribution < -0.4 is 10.0 Å². The summed E-state index contributed by atoms with van der Waals surface area (Å²) in [6, 6.07) is 22.3. The fraction of sp³-hybridized carbons (Fsp3) is 0.269. The molecule has 33 heavy (non-hydrogen) atoms. The van der Waals surface area contributed by atoms with Crippen LogP contribution in [-0.2, 0) is 16.6 Å². The van der Waals surface area contributed by atoms with Crippen molar-refractivity contribution in [2.75, 3.05) is 17.8 Å². The fourth-order valence-corrected chi connectivity index (χ4v) is 5.52. The molecular formula is C26H29N3O3S. The zero-order valence-electron chi connectivity index (χ0n) is 18.9. The van der Waals surface area contributed by atoms with Crippen molar-refractivity contribution in [3.8, 4) is 0 Å². The number of aryl methyl sites for hydroxylation is 2. The third-order valence-electron chi connectivity index (χ3n) is 5.87. The van der Waals surface area contributed by atoms with E-state index in [0.717, 1.165) is 31.6 Å². The van der Waals surface area contributed by atoms with Gasteiger partial charge in [0.2, 0.25) is 0 Å². The number of anilines is 1. The molecule has 1 atom stereocenters. The minimum Gasteiger partial charge on any atom is -0.348 e. The second-order valence-corrected chi connectivity index (χ2v) is 10.3. The SMILES string of the molecule is Cc1ccc(C)c(S(=O)(=O)Nc2cccc(C(=O)NC3CCN(Cc4ccccc4)C3)c2)c1. The Morgan fingerprint density at radius 2 is 1.79 bits per heavy atom. The average Bonchev–Trinajstić information content (AvgIpc) is 3.22. The van der Waals surface area contributed by atoms with Gasteiger partial charge in [-0.05, 0) is 61.2 Å². The second-order valence-electron chi connectivity index (χ2n) is 8.64. The summed E-state index contributed by atoms with van der Waals surface area (Å²) < 4.78 is 28.4. The van der Waals surface area contributed by atoms with Crippen molar-refractivity contribution in [2.24, 2.45) is 0 Å².